The highest BCUT2D eigenvalue weighted by molar-refractivity contribution is 5.82. The molecule has 0 saturated carbocycles. The molecule has 1 heteroatoms. The summed E-state index contributed by atoms with van der Waals surface area (Å²) in [7, 11) is 0. The van der Waals surface area contributed by atoms with E-state index in [0.29, 0.717) is 0 Å². The van der Waals surface area contributed by atoms with Crippen LogP contribution in [0.4, 0.5) is 0 Å². The van der Waals surface area contributed by atoms with Crippen molar-refractivity contribution in [2.24, 2.45) is 0 Å². The van der Waals surface area contributed by atoms with Crippen LogP contribution >= 0.6 is 0 Å². The molecule has 1 nitrogen and oxygen atoms in total. The molecule has 0 radical (unpaired) electrons. The average Bonchev–Trinajstić information content (AvgIpc) is 2.93. The molecular weight excluding hydrogens is 410 g/mol. The zero-order valence-electron chi connectivity index (χ0n) is 18.7. The van der Waals surface area contributed by atoms with Gasteiger partial charge < -0.3 is 0 Å². The van der Waals surface area contributed by atoms with E-state index < -0.39 is 0 Å². The van der Waals surface area contributed by atoms with Crippen LogP contribution in [0.5, 0.6) is 0 Å². The Balaban J connectivity index is 1.27. The first-order valence-corrected chi connectivity index (χ1v) is 11.6. The molecule has 34 heavy (non-hydrogen) atoms. The maximum absolute atomic E-state index is 4.83. The first-order valence-electron chi connectivity index (χ1n) is 11.6. The fourth-order valence-corrected chi connectivity index (χ4v) is 4.42. The summed E-state index contributed by atoms with van der Waals surface area (Å²) in [5.74, 6) is 0. The quantitative estimate of drug-likeness (QED) is 0.270. The zero-order valence-corrected chi connectivity index (χ0v) is 18.7. The molecule has 0 aliphatic heterocycles. The van der Waals surface area contributed by atoms with Gasteiger partial charge in [0, 0.05) is 10.9 Å². The van der Waals surface area contributed by atoms with E-state index in [-0.39, 0.29) is 0 Å². The van der Waals surface area contributed by atoms with Gasteiger partial charge in [0.2, 0.25) is 0 Å². The predicted octanol–water partition coefficient (Wildman–Crippen LogP) is 8.90. The smallest absolute Gasteiger partial charge is 0.0709 e. The molecule has 1 aromatic heterocycles. The predicted molar refractivity (Wildman–Crippen MR) is 143 cm³/mol. The molecule has 0 aliphatic rings. The van der Waals surface area contributed by atoms with Crippen LogP contribution in [0.1, 0.15) is 0 Å². The summed E-state index contributed by atoms with van der Waals surface area (Å²) in [6.45, 7) is 0. The Kier molecular flexibility index (Phi) is 5.21. The van der Waals surface area contributed by atoms with E-state index in [4.69, 9.17) is 4.98 Å². The minimum Gasteiger partial charge on any atom is -0.248 e. The number of fused-ring (bicyclic) bond motifs is 1. The lowest BCUT2D eigenvalue weighted by atomic mass is 9.96. The Morgan fingerprint density at radius 3 is 1.50 bits per heavy atom. The van der Waals surface area contributed by atoms with Crippen molar-refractivity contribution < 1.29 is 0 Å². The van der Waals surface area contributed by atoms with E-state index in [1.165, 1.54) is 33.4 Å². The second-order valence-electron chi connectivity index (χ2n) is 8.49. The van der Waals surface area contributed by atoms with Crippen LogP contribution in [0.3, 0.4) is 0 Å². The van der Waals surface area contributed by atoms with Crippen LogP contribution in [-0.4, -0.2) is 4.98 Å². The van der Waals surface area contributed by atoms with E-state index in [2.05, 4.69) is 121 Å². The Labute approximate surface area is 200 Å². The monoisotopic (exact) mass is 433 g/mol. The normalized spacial score (nSPS) is 10.9. The SMILES string of the molecule is c1ccc(-c2ccc(-c3cccc(-c4ccc(-c5ccc6ccccc6n5)cc4)c3)cc2)cc1. The molecule has 0 aliphatic carbocycles. The highest BCUT2D eigenvalue weighted by Gasteiger charge is 2.05. The highest BCUT2D eigenvalue weighted by atomic mass is 14.7. The van der Waals surface area contributed by atoms with Crippen LogP contribution in [0.25, 0.3) is 55.5 Å². The van der Waals surface area contributed by atoms with Crippen LogP contribution in [0.2, 0.25) is 0 Å². The van der Waals surface area contributed by atoms with Crippen molar-refractivity contribution in [2.45, 2.75) is 0 Å². The fraction of sp³-hybridized carbons (Fsp3) is 0. The zero-order chi connectivity index (χ0) is 22.7. The van der Waals surface area contributed by atoms with E-state index in [1.807, 2.05) is 18.2 Å². The number of hydrogen-bond donors (Lipinski definition) is 0. The van der Waals surface area contributed by atoms with Gasteiger partial charge >= 0.3 is 0 Å². The lowest BCUT2D eigenvalue weighted by Gasteiger charge is -2.09. The molecule has 0 amide bonds. The molecule has 0 N–H and O–H groups in total. The number of pyridine rings is 1. The minimum absolute atomic E-state index is 0.998. The number of rotatable bonds is 4. The van der Waals surface area contributed by atoms with Crippen LogP contribution < -0.4 is 0 Å². The van der Waals surface area contributed by atoms with E-state index in [1.54, 1.807) is 0 Å². The van der Waals surface area contributed by atoms with E-state index >= 15 is 0 Å². The van der Waals surface area contributed by atoms with Crippen molar-refractivity contribution in [3.8, 4) is 44.6 Å². The summed E-state index contributed by atoms with van der Waals surface area (Å²) in [6, 6.07) is 49.2. The van der Waals surface area contributed by atoms with Gasteiger partial charge in [0.25, 0.3) is 0 Å². The number of nitrogens with zero attached hydrogens (tertiary/aromatic N) is 1. The molecule has 0 saturated heterocycles. The maximum atomic E-state index is 4.83. The minimum atomic E-state index is 0.998. The molecule has 0 unspecified atom stereocenters. The Bertz CT molecular complexity index is 1560. The molecule has 6 rings (SSSR count). The Morgan fingerprint density at radius 2 is 0.824 bits per heavy atom. The molecule has 0 fully saturated rings. The van der Waals surface area contributed by atoms with Gasteiger partial charge in [-0.3, -0.25) is 0 Å². The van der Waals surface area contributed by atoms with Crippen molar-refractivity contribution in [1.82, 2.24) is 4.98 Å². The van der Waals surface area contributed by atoms with E-state index in [0.717, 1.165) is 22.2 Å². The molecule has 6 aromatic rings. The second-order valence-corrected chi connectivity index (χ2v) is 8.49. The van der Waals surface area contributed by atoms with Crippen molar-refractivity contribution in [2.75, 3.05) is 0 Å². The molecule has 1 heterocycles. The standard InChI is InChI=1S/C33H23N/c1-2-7-24(8-3-1)25-13-15-26(16-14-25)30-10-6-11-31(23-30)27-17-19-29(20-18-27)33-22-21-28-9-4-5-12-32(28)34-33/h1-23H. The molecule has 0 bridgehead atoms. The van der Waals surface area contributed by atoms with Crippen LogP contribution in [0, 0.1) is 0 Å². The first kappa shape index (κ1) is 20.1. The highest BCUT2D eigenvalue weighted by Crippen LogP contribution is 2.30. The lowest BCUT2D eigenvalue weighted by Crippen LogP contribution is -1.86. The van der Waals surface area contributed by atoms with Gasteiger partial charge in [-0.05, 0) is 51.6 Å². The molecule has 5 aromatic carbocycles. The number of aromatic nitrogens is 1. The first-order chi connectivity index (χ1) is 16.8. The number of hydrogen-bond acceptors (Lipinski definition) is 1. The van der Waals surface area contributed by atoms with Crippen molar-refractivity contribution in [1.29, 1.82) is 0 Å². The van der Waals surface area contributed by atoms with Gasteiger partial charge in [-0.2, -0.15) is 0 Å². The van der Waals surface area contributed by atoms with Gasteiger partial charge in [0.1, 0.15) is 0 Å². The van der Waals surface area contributed by atoms with Gasteiger partial charge in [0.15, 0.2) is 0 Å². The average molecular weight is 434 g/mol. The number of benzene rings is 5. The summed E-state index contributed by atoms with van der Waals surface area (Å²) in [4.78, 5) is 4.83. The van der Waals surface area contributed by atoms with Gasteiger partial charge in [-0.1, -0.05) is 121 Å². The molecular formula is C33H23N. The largest absolute Gasteiger partial charge is 0.248 e. The Morgan fingerprint density at radius 1 is 0.324 bits per heavy atom. The van der Waals surface area contributed by atoms with Crippen LogP contribution in [-0.2, 0) is 0 Å². The molecule has 0 spiro atoms. The summed E-state index contributed by atoms with van der Waals surface area (Å²) >= 11 is 0. The summed E-state index contributed by atoms with van der Waals surface area (Å²) in [5, 5.41) is 1.16. The topological polar surface area (TPSA) is 12.9 Å². The fourth-order valence-electron chi connectivity index (χ4n) is 4.42. The summed E-state index contributed by atoms with van der Waals surface area (Å²) < 4.78 is 0. The summed E-state index contributed by atoms with van der Waals surface area (Å²) in [6.07, 6.45) is 0. The molecule has 160 valence electrons. The third-order valence-electron chi connectivity index (χ3n) is 6.30. The number of para-hydroxylation sites is 1. The molecule has 0 atom stereocenters. The van der Waals surface area contributed by atoms with Crippen LogP contribution in [0.15, 0.2) is 140 Å². The third-order valence-corrected chi connectivity index (χ3v) is 6.30. The van der Waals surface area contributed by atoms with Crippen molar-refractivity contribution >= 4 is 10.9 Å². The second kappa shape index (κ2) is 8.80. The lowest BCUT2D eigenvalue weighted by molar-refractivity contribution is 1.40. The van der Waals surface area contributed by atoms with Crippen molar-refractivity contribution in [3.63, 3.8) is 0 Å². The Hall–Kier alpha value is -4.49. The maximum Gasteiger partial charge on any atom is 0.0709 e. The van der Waals surface area contributed by atoms with Crippen molar-refractivity contribution in [3.05, 3.63) is 140 Å². The van der Waals surface area contributed by atoms with E-state index in [9.17, 15) is 0 Å². The van der Waals surface area contributed by atoms with Gasteiger partial charge in [-0.25, -0.2) is 4.98 Å². The van der Waals surface area contributed by atoms with Gasteiger partial charge in [0.05, 0.1) is 11.2 Å². The third kappa shape index (κ3) is 4.00. The van der Waals surface area contributed by atoms with Gasteiger partial charge in [-0.15, -0.1) is 0 Å². The summed E-state index contributed by atoms with van der Waals surface area (Å²) in [5.41, 5.74) is 10.5.